The Morgan fingerprint density at radius 3 is 2.70 bits per heavy atom. The van der Waals surface area contributed by atoms with Gasteiger partial charge in [0.1, 0.15) is 0 Å². The molecule has 1 aromatic rings. The maximum Gasteiger partial charge on any atom is 0.335 e. The van der Waals surface area contributed by atoms with Crippen LogP contribution in [0.25, 0.3) is 0 Å². The summed E-state index contributed by atoms with van der Waals surface area (Å²) in [7, 11) is 0. The molecule has 0 radical (unpaired) electrons. The van der Waals surface area contributed by atoms with Crippen molar-refractivity contribution in [2.45, 2.75) is 18.9 Å². The van der Waals surface area contributed by atoms with E-state index in [1.807, 2.05) is 0 Å². The number of halogens is 1. The summed E-state index contributed by atoms with van der Waals surface area (Å²) in [6.07, 6.45) is 0.525. The van der Waals surface area contributed by atoms with E-state index in [0.717, 1.165) is 0 Å². The van der Waals surface area contributed by atoms with Gasteiger partial charge in [-0.05, 0) is 47.5 Å². The van der Waals surface area contributed by atoms with Crippen molar-refractivity contribution < 1.29 is 19.8 Å². The van der Waals surface area contributed by atoms with E-state index in [1.54, 1.807) is 13.0 Å². The van der Waals surface area contributed by atoms with Crippen molar-refractivity contribution in [3.63, 3.8) is 0 Å². The molecule has 1 unspecified atom stereocenters. The molecule has 1 atom stereocenters. The Morgan fingerprint density at radius 1 is 1.45 bits per heavy atom. The topological polar surface area (TPSA) is 89.9 Å². The maximum atomic E-state index is 12.1. The minimum atomic E-state index is -1.06. The standard InChI is InChI=1S/C13H15BrN2O4/c1-13(20)4-5-16(7-13)12(19)15-10-6-8(11(17)18)2-3-9(10)14/h2-3,6,20H,4-5,7H2,1H3,(H,15,19)(H,17,18). The fourth-order valence-corrected chi connectivity index (χ4v) is 2.41. The second-order valence-corrected chi connectivity index (χ2v) is 5.95. The van der Waals surface area contributed by atoms with Crippen LogP contribution in [0.15, 0.2) is 22.7 Å². The molecule has 0 bridgehead atoms. The normalized spacial score (nSPS) is 21.9. The molecule has 0 spiro atoms. The van der Waals surface area contributed by atoms with Gasteiger partial charge >= 0.3 is 12.0 Å². The number of amides is 2. The van der Waals surface area contributed by atoms with E-state index in [4.69, 9.17) is 5.11 Å². The van der Waals surface area contributed by atoms with Gasteiger partial charge in [0.2, 0.25) is 0 Å². The number of aliphatic hydroxyl groups is 1. The van der Waals surface area contributed by atoms with Crippen molar-refractivity contribution in [1.82, 2.24) is 4.90 Å². The Hall–Kier alpha value is -1.60. The molecule has 1 aromatic carbocycles. The number of urea groups is 1. The summed E-state index contributed by atoms with van der Waals surface area (Å²) in [4.78, 5) is 24.5. The first-order chi connectivity index (χ1) is 9.28. The van der Waals surface area contributed by atoms with Gasteiger partial charge < -0.3 is 20.4 Å². The highest BCUT2D eigenvalue weighted by molar-refractivity contribution is 9.10. The second kappa shape index (κ2) is 5.41. The number of hydrogen-bond donors (Lipinski definition) is 3. The lowest BCUT2D eigenvalue weighted by atomic mass is 10.1. The Labute approximate surface area is 124 Å². The number of nitrogens with zero attached hydrogens (tertiary/aromatic N) is 1. The number of hydrogen-bond acceptors (Lipinski definition) is 3. The molecule has 2 rings (SSSR count). The van der Waals surface area contributed by atoms with E-state index in [0.29, 0.717) is 23.1 Å². The van der Waals surface area contributed by atoms with Gasteiger partial charge in [0.15, 0.2) is 0 Å². The largest absolute Gasteiger partial charge is 0.478 e. The van der Waals surface area contributed by atoms with Gasteiger partial charge in [-0.3, -0.25) is 0 Å². The van der Waals surface area contributed by atoms with Crippen LogP contribution in [0.3, 0.4) is 0 Å². The summed E-state index contributed by atoms with van der Waals surface area (Å²) in [6, 6.07) is 4.05. The molecule has 0 saturated carbocycles. The van der Waals surface area contributed by atoms with Gasteiger partial charge in [-0.15, -0.1) is 0 Å². The molecule has 7 heteroatoms. The van der Waals surface area contributed by atoms with Crippen LogP contribution in [0.1, 0.15) is 23.7 Å². The minimum absolute atomic E-state index is 0.0944. The number of rotatable bonds is 2. The molecule has 1 aliphatic heterocycles. The van der Waals surface area contributed by atoms with E-state index in [-0.39, 0.29) is 18.1 Å². The van der Waals surface area contributed by atoms with Crippen LogP contribution < -0.4 is 5.32 Å². The molecule has 3 N–H and O–H groups in total. The molecule has 108 valence electrons. The van der Waals surface area contributed by atoms with Crippen LogP contribution in [0, 0.1) is 0 Å². The number of nitrogens with one attached hydrogen (secondary N) is 1. The number of aromatic carboxylic acids is 1. The molecular formula is C13H15BrN2O4. The van der Waals surface area contributed by atoms with Crippen LogP contribution in [0.5, 0.6) is 0 Å². The van der Waals surface area contributed by atoms with Gasteiger partial charge in [0.05, 0.1) is 23.4 Å². The van der Waals surface area contributed by atoms with Crippen molar-refractivity contribution in [2.75, 3.05) is 18.4 Å². The number of anilines is 1. The predicted molar refractivity (Wildman–Crippen MR) is 76.9 cm³/mol. The highest BCUT2D eigenvalue weighted by Gasteiger charge is 2.34. The minimum Gasteiger partial charge on any atom is -0.478 e. The van der Waals surface area contributed by atoms with E-state index in [2.05, 4.69) is 21.2 Å². The number of β-amino-alcohol motifs (C(OH)–C–C–N with tert-alkyl or cyclic N) is 1. The van der Waals surface area contributed by atoms with Gasteiger partial charge in [-0.2, -0.15) is 0 Å². The van der Waals surface area contributed by atoms with Gasteiger partial charge in [0, 0.05) is 11.0 Å². The summed E-state index contributed by atoms with van der Waals surface area (Å²) in [5, 5.41) is 21.4. The van der Waals surface area contributed by atoms with E-state index >= 15 is 0 Å². The first-order valence-corrected chi connectivity index (χ1v) is 6.89. The second-order valence-electron chi connectivity index (χ2n) is 5.10. The van der Waals surface area contributed by atoms with Gasteiger partial charge in [-0.25, -0.2) is 9.59 Å². The van der Waals surface area contributed by atoms with Crippen molar-refractivity contribution in [3.05, 3.63) is 28.2 Å². The SMILES string of the molecule is CC1(O)CCN(C(=O)Nc2cc(C(=O)O)ccc2Br)C1. The smallest absolute Gasteiger partial charge is 0.335 e. The van der Waals surface area contributed by atoms with Crippen LogP contribution in [-0.2, 0) is 0 Å². The lowest BCUT2D eigenvalue weighted by Crippen LogP contribution is -2.36. The summed E-state index contributed by atoms with van der Waals surface area (Å²) < 4.78 is 0.599. The van der Waals surface area contributed by atoms with Crippen molar-refractivity contribution in [3.8, 4) is 0 Å². The Bertz CT molecular complexity index is 559. The Balaban J connectivity index is 2.12. The summed E-state index contributed by atoms with van der Waals surface area (Å²) in [6.45, 7) is 2.41. The van der Waals surface area contributed by atoms with Crippen molar-refractivity contribution in [1.29, 1.82) is 0 Å². The van der Waals surface area contributed by atoms with Crippen LogP contribution in [-0.4, -0.2) is 45.8 Å². The monoisotopic (exact) mass is 342 g/mol. The summed E-state index contributed by atoms with van der Waals surface area (Å²) in [5.41, 5.74) is -0.379. The molecular weight excluding hydrogens is 328 g/mol. The third kappa shape index (κ3) is 3.29. The predicted octanol–water partition coefficient (Wildman–Crippen LogP) is 2.14. The first-order valence-electron chi connectivity index (χ1n) is 6.10. The highest BCUT2D eigenvalue weighted by Crippen LogP contribution is 2.26. The number of carbonyl (C=O) groups is 2. The third-order valence-electron chi connectivity index (χ3n) is 3.19. The number of carboxylic acid groups (broad SMARTS) is 1. The number of carbonyl (C=O) groups excluding carboxylic acids is 1. The van der Waals surface area contributed by atoms with Crippen LogP contribution in [0.2, 0.25) is 0 Å². The third-order valence-corrected chi connectivity index (χ3v) is 3.89. The molecule has 1 aliphatic rings. The number of benzene rings is 1. The van der Waals surface area contributed by atoms with Crippen molar-refractivity contribution >= 4 is 33.6 Å². The first kappa shape index (κ1) is 14.8. The Morgan fingerprint density at radius 2 is 2.15 bits per heavy atom. The zero-order valence-electron chi connectivity index (χ0n) is 10.9. The van der Waals surface area contributed by atoms with E-state index in [1.165, 1.54) is 17.0 Å². The number of carboxylic acids is 1. The van der Waals surface area contributed by atoms with Gasteiger partial charge in [0.25, 0.3) is 0 Å². The Kier molecular flexibility index (Phi) is 4.01. The molecule has 20 heavy (non-hydrogen) atoms. The van der Waals surface area contributed by atoms with E-state index < -0.39 is 11.6 Å². The molecule has 2 amide bonds. The quantitative estimate of drug-likeness (QED) is 0.767. The molecule has 6 nitrogen and oxygen atoms in total. The lowest BCUT2D eigenvalue weighted by Gasteiger charge is -2.20. The lowest BCUT2D eigenvalue weighted by molar-refractivity contribution is 0.0696. The van der Waals surface area contributed by atoms with E-state index in [9.17, 15) is 14.7 Å². The summed E-state index contributed by atoms with van der Waals surface area (Å²) >= 11 is 3.26. The number of likely N-dealkylation sites (tertiary alicyclic amines) is 1. The molecule has 0 aromatic heterocycles. The zero-order chi connectivity index (χ0) is 14.9. The molecule has 0 aliphatic carbocycles. The summed E-state index contributed by atoms with van der Waals surface area (Å²) in [5.74, 6) is -1.06. The average molecular weight is 343 g/mol. The fourth-order valence-electron chi connectivity index (χ4n) is 2.07. The molecule has 1 saturated heterocycles. The molecule has 1 heterocycles. The van der Waals surface area contributed by atoms with Gasteiger partial charge in [-0.1, -0.05) is 0 Å². The van der Waals surface area contributed by atoms with Crippen LogP contribution in [0.4, 0.5) is 10.5 Å². The molecule has 1 fully saturated rings. The van der Waals surface area contributed by atoms with Crippen molar-refractivity contribution in [2.24, 2.45) is 0 Å². The zero-order valence-corrected chi connectivity index (χ0v) is 12.5. The maximum absolute atomic E-state index is 12.1. The highest BCUT2D eigenvalue weighted by atomic mass is 79.9. The average Bonchev–Trinajstić information content (AvgIpc) is 2.72. The van der Waals surface area contributed by atoms with Crippen LogP contribution >= 0.6 is 15.9 Å². The fraction of sp³-hybridized carbons (Fsp3) is 0.385.